The molecule has 2 heterocycles. The third kappa shape index (κ3) is 5.30. The van der Waals surface area contributed by atoms with Crippen molar-refractivity contribution in [3.63, 3.8) is 0 Å². The first-order valence-electron chi connectivity index (χ1n) is 13.4. The van der Waals surface area contributed by atoms with Gasteiger partial charge in [-0.15, -0.1) is 0 Å². The van der Waals surface area contributed by atoms with E-state index < -0.39 is 28.5 Å². The summed E-state index contributed by atoms with van der Waals surface area (Å²) in [7, 11) is 0. The molecule has 0 radical (unpaired) electrons. The van der Waals surface area contributed by atoms with Crippen LogP contribution in [-0.2, 0) is 16.4 Å². The molecule has 5 rings (SSSR count). The zero-order chi connectivity index (χ0) is 28.0. The third-order valence-electron chi connectivity index (χ3n) is 8.58. The van der Waals surface area contributed by atoms with Crippen LogP contribution in [0.4, 0.5) is 22.4 Å². The van der Waals surface area contributed by atoms with E-state index in [4.69, 9.17) is 4.74 Å². The maximum Gasteiger partial charge on any atom is 0.416 e. The summed E-state index contributed by atoms with van der Waals surface area (Å²) in [5.74, 6) is -0.415. The van der Waals surface area contributed by atoms with Crippen molar-refractivity contribution in [2.24, 2.45) is 0 Å². The molecular formula is C29H33F4N3O3. The lowest BCUT2D eigenvalue weighted by molar-refractivity contribution is -0.140. The number of nitrogens with zero attached hydrogens (tertiary/aromatic N) is 1. The molecule has 10 heteroatoms. The number of halogens is 4. The molecule has 2 aromatic rings. The van der Waals surface area contributed by atoms with Gasteiger partial charge >= 0.3 is 12.2 Å². The fourth-order valence-corrected chi connectivity index (χ4v) is 5.91. The summed E-state index contributed by atoms with van der Waals surface area (Å²) < 4.78 is 60.2. The van der Waals surface area contributed by atoms with Gasteiger partial charge in [-0.1, -0.05) is 24.3 Å². The highest BCUT2D eigenvalue weighted by Crippen LogP contribution is 2.43. The van der Waals surface area contributed by atoms with Gasteiger partial charge in [0.05, 0.1) is 22.6 Å². The molecule has 2 N–H and O–H groups in total. The van der Waals surface area contributed by atoms with E-state index in [1.165, 1.54) is 18.2 Å². The average molecular weight is 548 g/mol. The molecule has 2 aliphatic heterocycles. The van der Waals surface area contributed by atoms with E-state index in [0.717, 1.165) is 37.0 Å². The number of benzene rings is 2. The van der Waals surface area contributed by atoms with Crippen LogP contribution in [0.15, 0.2) is 42.5 Å². The first-order chi connectivity index (χ1) is 18.4. The van der Waals surface area contributed by atoms with Gasteiger partial charge < -0.3 is 20.3 Å². The molecule has 1 saturated carbocycles. The minimum atomic E-state index is -4.50. The number of likely N-dealkylation sites (tertiary alicyclic amines) is 1. The van der Waals surface area contributed by atoms with Gasteiger partial charge in [0, 0.05) is 37.2 Å². The number of carbonyl (C=O) groups excluding carboxylic acids is 2. The highest BCUT2D eigenvalue weighted by molar-refractivity contribution is 5.87. The maximum atomic E-state index is 14.2. The molecule has 6 nitrogen and oxygen atoms in total. The molecule has 2 saturated heterocycles. The van der Waals surface area contributed by atoms with E-state index >= 15 is 0 Å². The van der Waals surface area contributed by atoms with Crippen LogP contribution < -0.4 is 15.4 Å². The van der Waals surface area contributed by atoms with Crippen LogP contribution in [0.25, 0.3) is 0 Å². The molecule has 210 valence electrons. The molecule has 3 aliphatic rings. The van der Waals surface area contributed by atoms with Crippen LogP contribution in [0.5, 0.6) is 5.75 Å². The normalized spacial score (nSPS) is 21.6. The number of hydrogen-bond donors (Lipinski definition) is 2. The second-order valence-corrected chi connectivity index (χ2v) is 11.4. The van der Waals surface area contributed by atoms with Crippen molar-refractivity contribution in [3.8, 4) is 5.75 Å². The Morgan fingerprint density at radius 1 is 1.05 bits per heavy atom. The summed E-state index contributed by atoms with van der Waals surface area (Å²) in [6, 6.07) is 9.08. The largest absolute Gasteiger partial charge is 0.490 e. The fraction of sp³-hybridized carbons (Fsp3) is 0.517. The van der Waals surface area contributed by atoms with Crippen molar-refractivity contribution >= 4 is 11.9 Å². The summed E-state index contributed by atoms with van der Waals surface area (Å²) in [6.07, 6.45) is -0.674. The lowest BCUT2D eigenvalue weighted by atomic mass is 9.71. The fourth-order valence-electron chi connectivity index (χ4n) is 5.91. The number of nitrogens with one attached hydrogen (secondary N) is 2. The number of carbonyl (C=O) groups is 2. The lowest BCUT2D eigenvalue weighted by Crippen LogP contribution is -2.66. The van der Waals surface area contributed by atoms with Crippen LogP contribution in [-0.4, -0.2) is 48.1 Å². The van der Waals surface area contributed by atoms with Gasteiger partial charge in [-0.2, -0.15) is 13.2 Å². The van der Waals surface area contributed by atoms with Crippen molar-refractivity contribution in [2.45, 2.75) is 75.1 Å². The zero-order valence-electron chi connectivity index (χ0n) is 22.0. The minimum Gasteiger partial charge on any atom is -0.490 e. The molecular weight excluding hydrogens is 514 g/mol. The highest BCUT2D eigenvalue weighted by Gasteiger charge is 2.49. The Labute approximate surface area is 225 Å². The number of alkyl halides is 3. The Kier molecular flexibility index (Phi) is 7.01. The summed E-state index contributed by atoms with van der Waals surface area (Å²) in [6.45, 7) is 4.23. The average Bonchev–Trinajstić information content (AvgIpc) is 2.86. The second kappa shape index (κ2) is 10.0. The Bertz CT molecular complexity index is 1250. The number of ether oxygens (including phenoxy) is 1. The number of rotatable bonds is 5. The van der Waals surface area contributed by atoms with E-state index in [9.17, 15) is 27.2 Å². The van der Waals surface area contributed by atoms with Gasteiger partial charge in [-0.3, -0.25) is 4.79 Å². The van der Waals surface area contributed by atoms with Crippen LogP contribution in [0.3, 0.4) is 0 Å². The Morgan fingerprint density at radius 3 is 2.38 bits per heavy atom. The van der Waals surface area contributed by atoms with Gasteiger partial charge in [0.25, 0.3) is 0 Å². The quantitative estimate of drug-likeness (QED) is 0.485. The molecule has 0 bridgehead atoms. The van der Waals surface area contributed by atoms with E-state index in [1.807, 2.05) is 0 Å². The summed E-state index contributed by atoms with van der Waals surface area (Å²) in [4.78, 5) is 27.7. The lowest BCUT2D eigenvalue weighted by Gasteiger charge is -2.50. The molecule has 1 atom stereocenters. The molecule has 1 unspecified atom stereocenters. The van der Waals surface area contributed by atoms with Crippen LogP contribution >= 0.6 is 0 Å². The van der Waals surface area contributed by atoms with E-state index in [1.54, 1.807) is 30.9 Å². The molecule has 1 aliphatic carbocycles. The monoisotopic (exact) mass is 547 g/mol. The SMILES string of the molecule is CC(C)(C(=O)N1CCC2(CC1)NC(=O)NCC2c1ccc(F)cc1OC1CCC1)c1cccc(C(F)(F)F)c1. The van der Waals surface area contributed by atoms with Crippen molar-refractivity contribution in [1.29, 1.82) is 0 Å². The number of urea groups is 1. The maximum absolute atomic E-state index is 14.2. The van der Waals surface area contributed by atoms with Crippen molar-refractivity contribution in [2.75, 3.05) is 19.6 Å². The van der Waals surface area contributed by atoms with Crippen molar-refractivity contribution in [1.82, 2.24) is 15.5 Å². The van der Waals surface area contributed by atoms with Gasteiger partial charge in [0.2, 0.25) is 5.91 Å². The van der Waals surface area contributed by atoms with E-state index in [2.05, 4.69) is 10.6 Å². The second-order valence-electron chi connectivity index (χ2n) is 11.4. The van der Waals surface area contributed by atoms with Gasteiger partial charge in [0.1, 0.15) is 11.6 Å². The standard InChI is InChI=1S/C29H33F4N3O3/c1-27(2,18-5-3-6-19(15-18)29(31,32)33)25(37)36-13-11-28(12-14-36)23(17-34-26(38)35-28)22-10-9-20(30)16-24(22)39-21-7-4-8-21/h3,5-6,9-10,15-16,21,23H,4,7-8,11-14,17H2,1-2H3,(H2,34,35,38). The number of amides is 3. The predicted octanol–water partition coefficient (Wildman–Crippen LogP) is 5.51. The molecule has 39 heavy (non-hydrogen) atoms. The molecule has 0 aromatic heterocycles. The number of piperidine rings is 1. The molecule has 3 fully saturated rings. The first-order valence-corrected chi connectivity index (χ1v) is 13.4. The van der Waals surface area contributed by atoms with E-state index in [-0.39, 0.29) is 24.0 Å². The van der Waals surface area contributed by atoms with Crippen molar-refractivity contribution < 1.29 is 31.9 Å². The molecule has 3 amide bonds. The van der Waals surface area contributed by atoms with Crippen LogP contribution in [0.2, 0.25) is 0 Å². The van der Waals surface area contributed by atoms with Crippen LogP contribution in [0, 0.1) is 5.82 Å². The third-order valence-corrected chi connectivity index (χ3v) is 8.58. The zero-order valence-corrected chi connectivity index (χ0v) is 22.0. The predicted molar refractivity (Wildman–Crippen MR) is 137 cm³/mol. The van der Waals surface area contributed by atoms with Crippen molar-refractivity contribution in [3.05, 3.63) is 65.0 Å². The Hall–Kier alpha value is -3.30. The Morgan fingerprint density at radius 2 is 1.74 bits per heavy atom. The molecule has 2 aromatic carbocycles. The van der Waals surface area contributed by atoms with Gasteiger partial charge in [0.15, 0.2) is 0 Å². The smallest absolute Gasteiger partial charge is 0.416 e. The number of hydrogen-bond acceptors (Lipinski definition) is 3. The molecule has 1 spiro atoms. The Balaban J connectivity index is 1.37. The van der Waals surface area contributed by atoms with Gasteiger partial charge in [-0.05, 0) is 63.6 Å². The van der Waals surface area contributed by atoms with E-state index in [0.29, 0.717) is 43.8 Å². The highest BCUT2D eigenvalue weighted by atomic mass is 19.4. The summed E-state index contributed by atoms with van der Waals surface area (Å²) >= 11 is 0. The first kappa shape index (κ1) is 27.3. The van der Waals surface area contributed by atoms with Crippen LogP contribution in [0.1, 0.15) is 68.6 Å². The summed E-state index contributed by atoms with van der Waals surface area (Å²) in [5.41, 5.74) is -1.56. The topological polar surface area (TPSA) is 70.7 Å². The minimum absolute atomic E-state index is 0.0465. The van der Waals surface area contributed by atoms with Gasteiger partial charge in [-0.25, -0.2) is 9.18 Å². The summed E-state index contributed by atoms with van der Waals surface area (Å²) in [5, 5.41) is 5.95.